The molecule has 6 nitrogen and oxygen atoms in total. The number of nitrogens with zero attached hydrogens (tertiary/aromatic N) is 1. The summed E-state index contributed by atoms with van der Waals surface area (Å²) in [6.45, 7) is 2.50. The highest BCUT2D eigenvalue weighted by atomic mass is 35.5. The van der Waals surface area contributed by atoms with Gasteiger partial charge in [0.05, 0.1) is 5.69 Å². The number of amides is 1. The van der Waals surface area contributed by atoms with Crippen LogP contribution < -0.4 is 16.4 Å². The summed E-state index contributed by atoms with van der Waals surface area (Å²) in [5.41, 5.74) is 9.27. The third-order valence-electron chi connectivity index (χ3n) is 4.65. The average molecular weight is 374 g/mol. The number of anilines is 2. The summed E-state index contributed by atoms with van der Waals surface area (Å²) in [5, 5.41) is 13.5. The molecule has 0 radical (unpaired) electrons. The maximum absolute atomic E-state index is 10.6. The first-order chi connectivity index (χ1) is 12.7. The minimum atomic E-state index is 0.139. The monoisotopic (exact) mass is 373 g/mol. The van der Waals surface area contributed by atoms with Crippen LogP contribution in [-0.2, 0) is 11.2 Å². The van der Waals surface area contributed by atoms with Gasteiger partial charge in [0.15, 0.2) is 5.82 Å². The molecule has 1 aliphatic heterocycles. The van der Waals surface area contributed by atoms with Crippen molar-refractivity contribution in [3.8, 4) is 0 Å². The van der Waals surface area contributed by atoms with Gasteiger partial charge >= 0.3 is 0 Å². The molecule has 2 aromatic rings. The van der Waals surface area contributed by atoms with Crippen LogP contribution in [0.2, 0.25) is 5.02 Å². The zero-order chi connectivity index (χ0) is 18.4. The van der Waals surface area contributed by atoms with Crippen LogP contribution in [0.4, 0.5) is 11.5 Å². The summed E-state index contributed by atoms with van der Waals surface area (Å²) in [6, 6.07) is 5.52. The topological polar surface area (TPSA) is 95.8 Å². The molecular formula is C19H24ClN5O. The Kier molecular flexibility index (Phi) is 6.30. The Hall–Kier alpha value is -2.31. The first kappa shape index (κ1) is 18.5. The summed E-state index contributed by atoms with van der Waals surface area (Å²) >= 11 is 6.26. The molecule has 0 saturated carbocycles. The van der Waals surface area contributed by atoms with Gasteiger partial charge in [0, 0.05) is 22.2 Å². The number of fused-ring (bicyclic) bond motifs is 1. The molecule has 4 rings (SSSR count). The van der Waals surface area contributed by atoms with E-state index in [4.69, 9.17) is 17.3 Å². The van der Waals surface area contributed by atoms with Gasteiger partial charge in [-0.1, -0.05) is 30.2 Å². The van der Waals surface area contributed by atoms with Crippen molar-refractivity contribution in [1.82, 2.24) is 15.5 Å². The lowest BCUT2D eigenvalue weighted by atomic mass is 9.87. The third-order valence-corrected chi connectivity index (χ3v) is 4.97. The SMILES string of the molecule is C1CCNCC1.Nc1ccc(C2C=Cc3[nH]nc(NC=O)c3C2)c(Cl)c1. The average Bonchev–Trinajstić information content (AvgIpc) is 3.06. The highest BCUT2D eigenvalue weighted by Crippen LogP contribution is 2.36. The van der Waals surface area contributed by atoms with Crippen LogP contribution in [0.5, 0.6) is 0 Å². The first-order valence-electron chi connectivity index (χ1n) is 8.90. The van der Waals surface area contributed by atoms with E-state index in [9.17, 15) is 4.79 Å². The number of benzene rings is 1. The second-order valence-electron chi connectivity index (χ2n) is 6.49. The van der Waals surface area contributed by atoms with E-state index in [1.165, 1.54) is 32.4 Å². The molecule has 2 heterocycles. The van der Waals surface area contributed by atoms with Gasteiger partial charge in [-0.25, -0.2) is 0 Å². The van der Waals surface area contributed by atoms with Crippen molar-refractivity contribution in [3.05, 3.63) is 46.1 Å². The third kappa shape index (κ3) is 4.45. The molecule has 5 N–H and O–H groups in total. The van der Waals surface area contributed by atoms with Crippen LogP contribution in [0.1, 0.15) is 42.0 Å². The van der Waals surface area contributed by atoms with Gasteiger partial charge in [0.25, 0.3) is 0 Å². The summed E-state index contributed by atoms with van der Waals surface area (Å²) in [7, 11) is 0. The van der Waals surface area contributed by atoms with Gasteiger partial charge in [-0.15, -0.1) is 0 Å². The van der Waals surface area contributed by atoms with Crippen molar-refractivity contribution < 1.29 is 4.79 Å². The van der Waals surface area contributed by atoms with Crippen molar-refractivity contribution in [2.75, 3.05) is 24.1 Å². The van der Waals surface area contributed by atoms with Crippen molar-refractivity contribution in [3.63, 3.8) is 0 Å². The van der Waals surface area contributed by atoms with Crippen LogP contribution in [-0.4, -0.2) is 29.7 Å². The fraction of sp³-hybridized carbons (Fsp3) is 0.368. The Balaban J connectivity index is 0.000000278. The van der Waals surface area contributed by atoms with E-state index < -0.39 is 0 Å². The fourth-order valence-electron chi connectivity index (χ4n) is 3.26. The lowest BCUT2D eigenvalue weighted by molar-refractivity contribution is -0.105. The van der Waals surface area contributed by atoms with E-state index >= 15 is 0 Å². The number of halogens is 1. The van der Waals surface area contributed by atoms with Gasteiger partial charge in [-0.3, -0.25) is 9.89 Å². The molecule has 2 aliphatic rings. The molecule has 1 atom stereocenters. The first-order valence-corrected chi connectivity index (χ1v) is 9.28. The number of nitrogens with one attached hydrogen (secondary N) is 3. The smallest absolute Gasteiger partial charge is 0.212 e. The van der Waals surface area contributed by atoms with E-state index in [2.05, 4.69) is 26.9 Å². The molecule has 1 aliphatic carbocycles. The van der Waals surface area contributed by atoms with Crippen LogP contribution >= 0.6 is 11.6 Å². The predicted octanol–water partition coefficient (Wildman–Crippen LogP) is 3.33. The van der Waals surface area contributed by atoms with Gasteiger partial charge in [0.2, 0.25) is 6.41 Å². The normalized spacial score (nSPS) is 18.4. The van der Waals surface area contributed by atoms with E-state index in [0.717, 1.165) is 23.2 Å². The lowest BCUT2D eigenvalue weighted by Crippen LogP contribution is -2.21. The standard InChI is InChI=1S/C14H13ClN4O.C5H11N/c15-12-6-9(16)2-3-10(12)8-1-4-13-11(5-8)14(17-7-20)19-18-13;1-2-4-6-5-3-1/h1-4,6-8H,5,16H2,(H2,17,18,19,20);6H,1-5H2. The molecule has 1 aromatic heterocycles. The quantitative estimate of drug-likeness (QED) is 0.490. The number of carbonyl (C=O) groups excluding carboxylic acids is 1. The van der Waals surface area contributed by atoms with Crippen LogP contribution in [0.3, 0.4) is 0 Å². The lowest BCUT2D eigenvalue weighted by Gasteiger charge is -2.19. The van der Waals surface area contributed by atoms with Crippen LogP contribution in [0.25, 0.3) is 6.08 Å². The Morgan fingerprint density at radius 2 is 2.08 bits per heavy atom. The molecule has 0 bridgehead atoms. The number of nitrogens with two attached hydrogens (primary N) is 1. The molecule has 0 spiro atoms. The second kappa shape index (κ2) is 8.87. The molecule has 138 valence electrons. The van der Waals surface area contributed by atoms with Gasteiger partial charge < -0.3 is 16.4 Å². The highest BCUT2D eigenvalue weighted by molar-refractivity contribution is 6.31. The summed E-state index contributed by atoms with van der Waals surface area (Å²) in [4.78, 5) is 10.6. The Morgan fingerprint density at radius 3 is 2.69 bits per heavy atom. The number of allylic oxidation sites excluding steroid dienone is 1. The van der Waals surface area contributed by atoms with Crippen LogP contribution in [0, 0.1) is 0 Å². The minimum Gasteiger partial charge on any atom is -0.399 e. The minimum absolute atomic E-state index is 0.139. The van der Waals surface area contributed by atoms with Crippen molar-refractivity contribution >= 4 is 35.6 Å². The molecule has 1 fully saturated rings. The number of hydrogen-bond acceptors (Lipinski definition) is 4. The number of aromatic amines is 1. The maximum Gasteiger partial charge on any atom is 0.212 e. The highest BCUT2D eigenvalue weighted by Gasteiger charge is 2.22. The van der Waals surface area contributed by atoms with Gasteiger partial charge in [-0.05, 0) is 56.1 Å². The number of hydrogen-bond donors (Lipinski definition) is 4. The van der Waals surface area contributed by atoms with Crippen molar-refractivity contribution in [2.45, 2.75) is 31.6 Å². The zero-order valence-corrected chi connectivity index (χ0v) is 15.4. The summed E-state index contributed by atoms with van der Waals surface area (Å²) in [6.07, 6.45) is 9.59. The molecule has 1 unspecified atom stereocenters. The number of carbonyl (C=O) groups is 1. The fourth-order valence-corrected chi connectivity index (χ4v) is 3.59. The number of aromatic nitrogens is 2. The van der Waals surface area contributed by atoms with Gasteiger partial charge in [0.1, 0.15) is 0 Å². The molecule has 1 amide bonds. The van der Waals surface area contributed by atoms with Gasteiger partial charge in [-0.2, -0.15) is 5.10 Å². The van der Waals surface area contributed by atoms with E-state index in [1.54, 1.807) is 6.07 Å². The molecule has 1 saturated heterocycles. The second-order valence-corrected chi connectivity index (χ2v) is 6.90. The Bertz CT molecular complexity index is 771. The summed E-state index contributed by atoms with van der Waals surface area (Å²) in [5.74, 6) is 0.705. The van der Waals surface area contributed by atoms with Crippen molar-refractivity contribution in [2.24, 2.45) is 0 Å². The zero-order valence-electron chi connectivity index (χ0n) is 14.6. The van der Waals surface area contributed by atoms with E-state index in [1.807, 2.05) is 18.2 Å². The number of nitrogen functional groups attached to an aromatic ring is 1. The maximum atomic E-state index is 10.6. The molecule has 1 aromatic carbocycles. The number of piperidine rings is 1. The predicted molar refractivity (Wildman–Crippen MR) is 106 cm³/mol. The van der Waals surface area contributed by atoms with E-state index in [-0.39, 0.29) is 5.92 Å². The largest absolute Gasteiger partial charge is 0.399 e. The van der Waals surface area contributed by atoms with Crippen LogP contribution in [0.15, 0.2) is 24.3 Å². The Labute approximate surface area is 158 Å². The Morgan fingerprint density at radius 1 is 1.27 bits per heavy atom. The van der Waals surface area contributed by atoms with E-state index in [0.29, 0.717) is 22.9 Å². The molecular weight excluding hydrogens is 350 g/mol. The molecule has 7 heteroatoms. The summed E-state index contributed by atoms with van der Waals surface area (Å²) < 4.78 is 0. The molecule has 26 heavy (non-hydrogen) atoms. The number of rotatable bonds is 3. The van der Waals surface area contributed by atoms with Crippen molar-refractivity contribution in [1.29, 1.82) is 0 Å². The number of H-pyrrole nitrogens is 1.